The van der Waals surface area contributed by atoms with E-state index in [1.807, 2.05) is 0 Å². The highest BCUT2D eigenvalue weighted by atomic mass is 19.4. The van der Waals surface area contributed by atoms with Crippen molar-refractivity contribution in [2.45, 2.75) is 18.6 Å². The van der Waals surface area contributed by atoms with Crippen LogP contribution in [-0.2, 0) is 21.3 Å². The van der Waals surface area contributed by atoms with Gasteiger partial charge in [0, 0.05) is 0 Å². The van der Waals surface area contributed by atoms with Crippen LogP contribution in [-0.4, -0.2) is 18.4 Å². The molecule has 1 atom stereocenters. The Morgan fingerprint density at radius 2 is 1.80 bits per heavy atom. The molecule has 0 bridgehead atoms. The van der Waals surface area contributed by atoms with E-state index in [-0.39, 0.29) is 5.56 Å². The Kier molecular flexibility index (Phi) is 4.39. The summed E-state index contributed by atoms with van der Waals surface area (Å²) in [5.41, 5.74) is 7.53. The summed E-state index contributed by atoms with van der Waals surface area (Å²) in [6.07, 6.45) is -4.56. The summed E-state index contributed by atoms with van der Waals surface area (Å²) in [7, 11) is 0. The van der Waals surface area contributed by atoms with E-state index in [4.69, 9.17) is 11.5 Å². The second-order valence-electron chi connectivity index (χ2n) is 4.32. The van der Waals surface area contributed by atoms with Gasteiger partial charge >= 0.3 is 6.18 Å². The lowest BCUT2D eigenvalue weighted by Crippen LogP contribution is -2.54. The van der Waals surface area contributed by atoms with Crippen LogP contribution in [0.15, 0.2) is 24.3 Å². The Morgan fingerprint density at radius 1 is 1.25 bits per heavy atom. The van der Waals surface area contributed by atoms with Crippen molar-refractivity contribution in [3.05, 3.63) is 35.4 Å². The van der Waals surface area contributed by atoms with Crippen molar-refractivity contribution in [1.82, 2.24) is 5.32 Å². The smallest absolute Gasteiger partial charge is 0.367 e. The summed E-state index contributed by atoms with van der Waals surface area (Å²) in [5, 5.41) is 2.23. The van der Waals surface area contributed by atoms with E-state index in [9.17, 15) is 22.8 Å². The van der Waals surface area contributed by atoms with Crippen molar-refractivity contribution in [3.63, 3.8) is 0 Å². The Morgan fingerprint density at radius 3 is 2.25 bits per heavy atom. The first-order chi connectivity index (χ1) is 9.11. The first kappa shape index (κ1) is 16.0. The molecule has 1 rings (SSSR count). The van der Waals surface area contributed by atoms with Gasteiger partial charge in [-0.2, -0.15) is 13.2 Å². The zero-order chi connectivity index (χ0) is 15.6. The van der Waals surface area contributed by atoms with Crippen LogP contribution in [0.1, 0.15) is 18.1 Å². The fourth-order valence-corrected chi connectivity index (χ4v) is 1.61. The zero-order valence-electron chi connectivity index (χ0n) is 10.6. The van der Waals surface area contributed by atoms with Gasteiger partial charge in [-0.1, -0.05) is 12.1 Å². The minimum Gasteiger partial charge on any atom is -0.367 e. The van der Waals surface area contributed by atoms with Gasteiger partial charge in [-0.3, -0.25) is 9.59 Å². The molecule has 1 aromatic carbocycles. The molecule has 0 aliphatic carbocycles. The molecule has 0 spiro atoms. The molecule has 0 saturated carbocycles. The normalized spacial score (nSPS) is 14.4. The summed E-state index contributed by atoms with van der Waals surface area (Å²) in [6.45, 7) is 0.806. The topological polar surface area (TPSA) is 98.2 Å². The molecule has 0 heterocycles. The molecular weight excluding hydrogens is 275 g/mol. The fourth-order valence-electron chi connectivity index (χ4n) is 1.61. The number of nitrogens with two attached hydrogens (primary N) is 2. The van der Waals surface area contributed by atoms with Crippen molar-refractivity contribution in [1.29, 1.82) is 0 Å². The van der Waals surface area contributed by atoms with E-state index in [1.165, 1.54) is 13.0 Å². The zero-order valence-corrected chi connectivity index (χ0v) is 10.6. The van der Waals surface area contributed by atoms with Crippen LogP contribution >= 0.6 is 0 Å². The summed E-state index contributed by atoms with van der Waals surface area (Å²) in [5.74, 6) is -1.69. The molecular formula is C12H14F3N3O2. The molecule has 1 aromatic rings. The lowest BCUT2D eigenvalue weighted by molar-refractivity contribution is -0.138. The summed E-state index contributed by atoms with van der Waals surface area (Å²) >= 11 is 0. The number of amides is 2. The van der Waals surface area contributed by atoms with Gasteiger partial charge in [0.15, 0.2) is 0 Å². The van der Waals surface area contributed by atoms with Gasteiger partial charge in [-0.15, -0.1) is 0 Å². The summed E-state index contributed by atoms with van der Waals surface area (Å²) in [6, 6.07) is 4.03. The van der Waals surface area contributed by atoms with E-state index in [1.54, 1.807) is 0 Å². The van der Waals surface area contributed by atoms with Gasteiger partial charge in [0.1, 0.15) is 5.54 Å². The summed E-state index contributed by atoms with van der Waals surface area (Å²) in [4.78, 5) is 22.8. The van der Waals surface area contributed by atoms with Gasteiger partial charge in [-0.25, -0.2) is 0 Å². The van der Waals surface area contributed by atoms with Gasteiger partial charge in [-0.05, 0) is 24.6 Å². The maximum absolute atomic E-state index is 12.7. The number of carbonyl (C=O) groups is 2. The average Bonchev–Trinajstić information content (AvgIpc) is 2.37. The van der Waals surface area contributed by atoms with Crippen LogP contribution in [0.25, 0.3) is 0 Å². The average molecular weight is 289 g/mol. The van der Waals surface area contributed by atoms with Crippen LogP contribution in [0.5, 0.6) is 0 Å². The third-order valence-electron chi connectivity index (χ3n) is 2.83. The Hall–Kier alpha value is -2.09. The lowest BCUT2D eigenvalue weighted by Gasteiger charge is -2.28. The molecule has 0 aliphatic rings. The maximum Gasteiger partial charge on any atom is 0.416 e. The molecule has 0 aromatic heterocycles. The van der Waals surface area contributed by atoms with Crippen molar-refractivity contribution in [2.75, 3.05) is 6.54 Å². The van der Waals surface area contributed by atoms with E-state index in [0.29, 0.717) is 0 Å². The quantitative estimate of drug-likeness (QED) is 0.752. The number of alkyl halides is 3. The highest BCUT2D eigenvalue weighted by molar-refractivity contribution is 5.91. The van der Waals surface area contributed by atoms with Crippen molar-refractivity contribution in [2.24, 2.45) is 11.5 Å². The van der Waals surface area contributed by atoms with Gasteiger partial charge in [0.2, 0.25) is 11.8 Å². The first-order valence-electron chi connectivity index (χ1n) is 5.60. The highest BCUT2D eigenvalue weighted by Gasteiger charge is 2.37. The second-order valence-corrected chi connectivity index (χ2v) is 4.32. The Labute approximate surface area is 113 Å². The van der Waals surface area contributed by atoms with Crippen LogP contribution in [0.4, 0.5) is 13.2 Å². The maximum atomic E-state index is 12.7. The molecule has 1 unspecified atom stereocenters. The van der Waals surface area contributed by atoms with Crippen LogP contribution in [0, 0.1) is 0 Å². The van der Waals surface area contributed by atoms with Gasteiger partial charge < -0.3 is 16.8 Å². The Bertz CT molecular complexity index is 531. The largest absolute Gasteiger partial charge is 0.416 e. The van der Waals surface area contributed by atoms with E-state index >= 15 is 0 Å². The minimum absolute atomic E-state index is 0.0679. The molecule has 110 valence electrons. The minimum atomic E-state index is -4.56. The van der Waals surface area contributed by atoms with Crippen molar-refractivity contribution < 1.29 is 22.8 Å². The standard InChI is InChI=1S/C12H14F3N3O2/c1-11(10(17)20,18-9(19)6-16)7-3-2-4-8(5-7)12(13,14)15/h2-5H,6,16H2,1H3,(H2,17,20)(H,18,19). The SMILES string of the molecule is CC(NC(=O)CN)(C(N)=O)c1cccc(C(F)(F)F)c1. The number of nitrogens with one attached hydrogen (secondary N) is 1. The molecule has 20 heavy (non-hydrogen) atoms. The van der Waals surface area contributed by atoms with Crippen molar-refractivity contribution >= 4 is 11.8 Å². The fraction of sp³-hybridized carbons (Fsp3) is 0.333. The second kappa shape index (κ2) is 5.49. The number of hydrogen-bond donors (Lipinski definition) is 3. The van der Waals surface area contributed by atoms with E-state index in [2.05, 4.69) is 5.32 Å². The van der Waals surface area contributed by atoms with Crippen LogP contribution < -0.4 is 16.8 Å². The highest BCUT2D eigenvalue weighted by Crippen LogP contribution is 2.32. The van der Waals surface area contributed by atoms with Crippen molar-refractivity contribution in [3.8, 4) is 0 Å². The predicted molar refractivity (Wildman–Crippen MR) is 65.2 cm³/mol. The first-order valence-corrected chi connectivity index (χ1v) is 5.60. The van der Waals surface area contributed by atoms with E-state index < -0.39 is 35.6 Å². The van der Waals surface area contributed by atoms with Gasteiger partial charge in [0.25, 0.3) is 0 Å². The molecule has 5 N–H and O–H groups in total. The lowest BCUT2D eigenvalue weighted by atomic mass is 9.89. The number of rotatable bonds is 4. The summed E-state index contributed by atoms with van der Waals surface area (Å²) < 4.78 is 38.0. The monoisotopic (exact) mass is 289 g/mol. The number of primary amides is 1. The molecule has 0 fully saturated rings. The number of hydrogen-bond acceptors (Lipinski definition) is 3. The van der Waals surface area contributed by atoms with E-state index in [0.717, 1.165) is 18.2 Å². The molecule has 0 aliphatic heterocycles. The molecule has 2 amide bonds. The number of benzene rings is 1. The number of halogens is 3. The van der Waals surface area contributed by atoms with Gasteiger partial charge in [0.05, 0.1) is 12.1 Å². The third kappa shape index (κ3) is 3.27. The third-order valence-corrected chi connectivity index (χ3v) is 2.83. The van der Waals surface area contributed by atoms with Crippen LogP contribution in [0.2, 0.25) is 0 Å². The molecule has 5 nitrogen and oxygen atoms in total. The Balaban J connectivity index is 3.29. The number of carbonyl (C=O) groups excluding carboxylic acids is 2. The molecule has 0 saturated heterocycles. The molecule has 0 radical (unpaired) electrons. The molecule has 8 heteroatoms. The predicted octanol–water partition coefficient (Wildman–Crippen LogP) is 0.481. The van der Waals surface area contributed by atoms with Crippen LogP contribution in [0.3, 0.4) is 0 Å².